The predicted molar refractivity (Wildman–Crippen MR) is 73.0 cm³/mol. The number of fused-ring (bicyclic) bond motifs is 1. The van der Waals surface area contributed by atoms with Gasteiger partial charge >= 0.3 is 0 Å². The molecule has 1 nitrogen and oxygen atoms in total. The first-order valence-corrected chi connectivity index (χ1v) is 6.36. The molecule has 2 aromatic rings. The smallest absolute Gasteiger partial charge is 0.0709 e. The number of aryl methyl sites for hydroxylation is 1. The van der Waals surface area contributed by atoms with E-state index in [-0.39, 0.29) is 0 Å². The molecule has 0 spiro atoms. The second-order valence-corrected chi connectivity index (χ2v) is 5.48. The van der Waals surface area contributed by atoms with Gasteiger partial charge in [-0.05, 0) is 49.1 Å². The van der Waals surface area contributed by atoms with Crippen molar-refractivity contribution in [3.63, 3.8) is 0 Å². The minimum atomic E-state index is 0.478. The molecule has 1 aromatic heterocycles. The molecule has 1 aromatic carbocycles. The minimum Gasteiger partial charge on any atom is -0.252 e. The number of benzene rings is 1. The van der Waals surface area contributed by atoms with Crippen LogP contribution in [-0.4, -0.2) is 4.98 Å². The molecule has 2 heteroatoms. The minimum absolute atomic E-state index is 0.478. The van der Waals surface area contributed by atoms with Crippen LogP contribution >= 0.6 is 15.9 Å². The van der Waals surface area contributed by atoms with Crippen LogP contribution in [0.15, 0.2) is 22.7 Å². The van der Waals surface area contributed by atoms with Crippen LogP contribution in [0, 0.1) is 13.8 Å². The second kappa shape index (κ2) is 4.17. The van der Waals surface area contributed by atoms with Crippen molar-refractivity contribution in [2.45, 2.75) is 33.6 Å². The van der Waals surface area contributed by atoms with Gasteiger partial charge in [-0.2, -0.15) is 0 Å². The van der Waals surface area contributed by atoms with Crippen molar-refractivity contribution in [3.05, 3.63) is 39.5 Å². The molecule has 0 amide bonds. The van der Waals surface area contributed by atoms with Crippen LogP contribution in [0.1, 0.15) is 36.6 Å². The van der Waals surface area contributed by atoms with E-state index in [1.807, 2.05) is 6.07 Å². The summed E-state index contributed by atoms with van der Waals surface area (Å²) in [6, 6.07) is 6.28. The Hall–Kier alpha value is -0.890. The Morgan fingerprint density at radius 2 is 1.81 bits per heavy atom. The van der Waals surface area contributed by atoms with E-state index in [1.54, 1.807) is 0 Å². The fourth-order valence-electron chi connectivity index (χ4n) is 2.08. The van der Waals surface area contributed by atoms with Gasteiger partial charge in [0.05, 0.1) is 5.52 Å². The number of halogens is 1. The standard InChI is InChI=1S/C14H16BrN/c1-8(2)14-10(4)9(3)12-7-11(15)5-6-13(12)16-14/h5-8H,1-4H3. The number of pyridine rings is 1. The third-order valence-electron chi connectivity index (χ3n) is 3.10. The summed E-state index contributed by atoms with van der Waals surface area (Å²) in [4.78, 5) is 4.76. The van der Waals surface area contributed by atoms with Gasteiger partial charge in [0.1, 0.15) is 0 Å². The zero-order valence-electron chi connectivity index (χ0n) is 10.1. The Bertz CT molecular complexity index is 544. The van der Waals surface area contributed by atoms with Crippen LogP contribution in [0.25, 0.3) is 10.9 Å². The molecule has 0 aliphatic rings. The Morgan fingerprint density at radius 3 is 2.44 bits per heavy atom. The summed E-state index contributed by atoms with van der Waals surface area (Å²) in [6.07, 6.45) is 0. The summed E-state index contributed by atoms with van der Waals surface area (Å²) in [5.74, 6) is 0.478. The molecule has 0 bridgehead atoms. The summed E-state index contributed by atoms with van der Waals surface area (Å²) in [6.45, 7) is 8.73. The van der Waals surface area contributed by atoms with Gasteiger partial charge in [0.25, 0.3) is 0 Å². The van der Waals surface area contributed by atoms with E-state index in [9.17, 15) is 0 Å². The quantitative estimate of drug-likeness (QED) is 0.734. The maximum Gasteiger partial charge on any atom is 0.0709 e. The summed E-state index contributed by atoms with van der Waals surface area (Å²) in [5.41, 5.74) is 4.97. The fourth-order valence-corrected chi connectivity index (χ4v) is 2.44. The van der Waals surface area contributed by atoms with Crippen molar-refractivity contribution >= 4 is 26.8 Å². The topological polar surface area (TPSA) is 12.9 Å². The van der Waals surface area contributed by atoms with Gasteiger partial charge in [-0.15, -0.1) is 0 Å². The van der Waals surface area contributed by atoms with Gasteiger partial charge < -0.3 is 0 Å². The van der Waals surface area contributed by atoms with Crippen LogP contribution in [0.3, 0.4) is 0 Å². The summed E-state index contributed by atoms with van der Waals surface area (Å²) in [7, 11) is 0. The number of rotatable bonds is 1. The fraction of sp³-hybridized carbons (Fsp3) is 0.357. The molecule has 2 rings (SSSR count). The van der Waals surface area contributed by atoms with Gasteiger partial charge in [0, 0.05) is 15.6 Å². The van der Waals surface area contributed by atoms with Crippen LogP contribution in [0.2, 0.25) is 0 Å². The lowest BCUT2D eigenvalue weighted by atomic mass is 9.97. The van der Waals surface area contributed by atoms with E-state index in [4.69, 9.17) is 4.98 Å². The lowest BCUT2D eigenvalue weighted by Gasteiger charge is -2.14. The first kappa shape index (κ1) is 11.6. The van der Waals surface area contributed by atoms with Crippen molar-refractivity contribution in [1.29, 1.82) is 0 Å². The molecule has 0 fully saturated rings. The highest BCUT2D eigenvalue weighted by Gasteiger charge is 2.11. The third-order valence-corrected chi connectivity index (χ3v) is 3.59. The maximum absolute atomic E-state index is 4.76. The van der Waals surface area contributed by atoms with E-state index in [2.05, 4.69) is 55.8 Å². The highest BCUT2D eigenvalue weighted by molar-refractivity contribution is 9.10. The molecule has 0 atom stereocenters. The van der Waals surface area contributed by atoms with E-state index < -0.39 is 0 Å². The number of nitrogens with zero attached hydrogens (tertiary/aromatic N) is 1. The Balaban J connectivity index is 2.83. The maximum atomic E-state index is 4.76. The molecule has 1 heterocycles. The molecular weight excluding hydrogens is 262 g/mol. The average Bonchev–Trinajstić information content (AvgIpc) is 2.23. The normalized spacial score (nSPS) is 11.4. The monoisotopic (exact) mass is 277 g/mol. The molecule has 0 saturated heterocycles. The Labute approximate surface area is 105 Å². The van der Waals surface area contributed by atoms with E-state index in [0.717, 1.165) is 9.99 Å². The van der Waals surface area contributed by atoms with E-state index in [0.29, 0.717) is 5.92 Å². The number of hydrogen-bond donors (Lipinski definition) is 0. The predicted octanol–water partition coefficient (Wildman–Crippen LogP) is 4.74. The summed E-state index contributed by atoms with van der Waals surface area (Å²) >= 11 is 3.51. The van der Waals surface area contributed by atoms with Gasteiger partial charge in [-0.1, -0.05) is 29.8 Å². The van der Waals surface area contributed by atoms with Crippen LogP contribution in [0.5, 0.6) is 0 Å². The highest BCUT2D eigenvalue weighted by atomic mass is 79.9. The third kappa shape index (κ3) is 1.86. The second-order valence-electron chi connectivity index (χ2n) is 4.56. The van der Waals surface area contributed by atoms with Crippen LogP contribution in [-0.2, 0) is 0 Å². The van der Waals surface area contributed by atoms with Crippen molar-refractivity contribution in [2.75, 3.05) is 0 Å². The number of aromatic nitrogens is 1. The van der Waals surface area contributed by atoms with Crippen molar-refractivity contribution < 1.29 is 0 Å². The molecule has 16 heavy (non-hydrogen) atoms. The van der Waals surface area contributed by atoms with Crippen molar-refractivity contribution in [1.82, 2.24) is 4.98 Å². The summed E-state index contributed by atoms with van der Waals surface area (Å²) in [5, 5.41) is 1.25. The molecular formula is C14H16BrN. The SMILES string of the molecule is Cc1c(C(C)C)nc2ccc(Br)cc2c1C. The molecule has 0 aliphatic carbocycles. The highest BCUT2D eigenvalue weighted by Crippen LogP contribution is 2.28. The molecule has 0 N–H and O–H groups in total. The van der Waals surface area contributed by atoms with E-state index >= 15 is 0 Å². The van der Waals surface area contributed by atoms with Crippen LogP contribution < -0.4 is 0 Å². The van der Waals surface area contributed by atoms with E-state index in [1.165, 1.54) is 22.2 Å². The van der Waals surface area contributed by atoms with Crippen molar-refractivity contribution in [2.24, 2.45) is 0 Å². The van der Waals surface area contributed by atoms with Gasteiger partial charge in [-0.3, -0.25) is 4.98 Å². The molecule has 84 valence electrons. The summed E-state index contributed by atoms with van der Waals surface area (Å²) < 4.78 is 1.11. The molecule has 0 radical (unpaired) electrons. The zero-order chi connectivity index (χ0) is 11.9. The molecule has 0 saturated carbocycles. The molecule has 0 aliphatic heterocycles. The Morgan fingerprint density at radius 1 is 1.12 bits per heavy atom. The number of hydrogen-bond acceptors (Lipinski definition) is 1. The largest absolute Gasteiger partial charge is 0.252 e. The molecule has 0 unspecified atom stereocenters. The average molecular weight is 278 g/mol. The Kier molecular flexibility index (Phi) is 3.02. The van der Waals surface area contributed by atoms with Crippen LogP contribution in [0.4, 0.5) is 0 Å². The van der Waals surface area contributed by atoms with Crippen molar-refractivity contribution in [3.8, 4) is 0 Å². The lowest BCUT2D eigenvalue weighted by molar-refractivity contribution is 0.816. The zero-order valence-corrected chi connectivity index (χ0v) is 11.7. The van der Waals surface area contributed by atoms with Gasteiger partial charge in [-0.25, -0.2) is 0 Å². The first-order chi connectivity index (χ1) is 7.50. The van der Waals surface area contributed by atoms with Gasteiger partial charge in [0.2, 0.25) is 0 Å². The lowest BCUT2D eigenvalue weighted by Crippen LogP contribution is -2.00. The van der Waals surface area contributed by atoms with Gasteiger partial charge in [0.15, 0.2) is 0 Å². The first-order valence-electron chi connectivity index (χ1n) is 5.57.